The summed E-state index contributed by atoms with van der Waals surface area (Å²) in [7, 11) is 0. The van der Waals surface area contributed by atoms with Gasteiger partial charge in [-0.25, -0.2) is 0 Å². The lowest BCUT2D eigenvalue weighted by Gasteiger charge is -2.15. The van der Waals surface area contributed by atoms with E-state index in [2.05, 4.69) is 223 Å². The van der Waals surface area contributed by atoms with Gasteiger partial charge in [-0.2, -0.15) is 0 Å². The summed E-state index contributed by atoms with van der Waals surface area (Å²) in [6, 6.07) is 75.1. The molecule has 61 heavy (non-hydrogen) atoms. The van der Waals surface area contributed by atoms with Crippen LogP contribution in [-0.4, -0.2) is 10.3 Å². The molecule has 2 aliphatic rings. The molecule has 0 fully saturated rings. The third kappa shape index (κ3) is 5.99. The summed E-state index contributed by atoms with van der Waals surface area (Å²) in [5.41, 5.74) is 20.5. The zero-order valence-corrected chi connectivity index (χ0v) is 33.6. The molecule has 0 spiro atoms. The molecule has 1 aliphatic carbocycles. The topological polar surface area (TPSA) is 17.3 Å². The van der Waals surface area contributed by atoms with Crippen LogP contribution in [0.3, 0.4) is 0 Å². The Morgan fingerprint density at radius 1 is 0.361 bits per heavy atom. The third-order valence-electron chi connectivity index (χ3n) is 12.7. The van der Waals surface area contributed by atoms with Gasteiger partial charge in [0.1, 0.15) is 0 Å². The third-order valence-corrected chi connectivity index (χ3v) is 12.7. The van der Waals surface area contributed by atoms with Gasteiger partial charge < -0.3 is 4.57 Å². The lowest BCUT2D eigenvalue weighted by molar-refractivity contribution is 1.09. The number of aliphatic imine (C=N–C) groups is 1. The Morgan fingerprint density at radius 3 is 1.57 bits per heavy atom. The van der Waals surface area contributed by atoms with Crippen LogP contribution < -0.4 is 0 Å². The Labute approximate surface area is 355 Å². The molecule has 12 rings (SSSR count). The zero-order valence-electron chi connectivity index (χ0n) is 33.6. The van der Waals surface area contributed by atoms with Gasteiger partial charge >= 0.3 is 0 Å². The van der Waals surface area contributed by atoms with Crippen LogP contribution in [0, 0.1) is 0 Å². The summed E-state index contributed by atoms with van der Waals surface area (Å²) in [5.74, 6) is 0. The Morgan fingerprint density at radius 2 is 0.885 bits per heavy atom. The second kappa shape index (κ2) is 14.5. The average molecular weight is 777 g/mol. The van der Waals surface area contributed by atoms with Gasteiger partial charge in [0.25, 0.3) is 0 Å². The van der Waals surface area contributed by atoms with Crippen molar-refractivity contribution in [2.24, 2.45) is 4.99 Å². The molecular weight excluding hydrogens is 737 g/mol. The first-order chi connectivity index (χ1) is 30.2. The maximum Gasteiger partial charge on any atom is 0.0711 e. The van der Waals surface area contributed by atoms with E-state index < -0.39 is 0 Å². The largest absolute Gasteiger partial charge is 0.309 e. The monoisotopic (exact) mass is 776 g/mol. The fourth-order valence-corrected chi connectivity index (χ4v) is 9.73. The molecule has 0 saturated heterocycles. The molecule has 0 N–H and O–H groups in total. The molecule has 0 radical (unpaired) electrons. The van der Waals surface area contributed by atoms with E-state index in [4.69, 9.17) is 4.99 Å². The van der Waals surface area contributed by atoms with Crippen molar-refractivity contribution < 1.29 is 0 Å². The molecular formula is C59H40N2. The summed E-state index contributed by atoms with van der Waals surface area (Å²) in [6.45, 7) is 0. The van der Waals surface area contributed by atoms with E-state index in [-0.39, 0.29) is 0 Å². The first kappa shape index (κ1) is 35.2. The highest BCUT2D eigenvalue weighted by atomic mass is 15.0. The lowest BCUT2D eigenvalue weighted by Crippen LogP contribution is -2.04. The summed E-state index contributed by atoms with van der Waals surface area (Å²) in [6.07, 6.45) is 6.39. The second-order valence-corrected chi connectivity index (χ2v) is 16.2. The number of rotatable bonds is 6. The summed E-state index contributed by atoms with van der Waals surface area (Å²) in [5, 5.41) is 5.19. The number of hydrogen-bond acceptors (Lipinski definition) is 1. The van der Waals surface area contributed by atoms with Gasteiger partial charge in [-0.1, -0.05) is 188 Å². The number of fused-ring (bicyclic) bond motifs is 6. The zero-order chi connectivity index (χ0) is 40.3. The van der Waals surface area contributed by atoms with Crippen LogP contribution in [0.4, 0.5) is 0 Å². The summed E-state index contributed by atoms with van der Waals surface area (Å²) < 4.78 is 2.37. The minimum Gasteiger partial charge on any atom is -0.309 e. The highest BCUT2D eigenvalue weighted by Crippen LogP contribution is 2.49. The molecule has 0 amide bonds. The number of benzene rings is 9. The maximum atomic E-state index is 5.48. The van der Waals surface area contributed by atoms with Crippen molar-refractivity contribution in [1.82, 2.24) is 4.57 Å². The number of aromatic nitrogens is 1. The van der Waals surface area contributed by atoms with E-state index >= 15 is 0 Å². The van der Waals surface area contributed by atoms with Crippen LogP contribution in [0.1, 0.15) is 29.5 Å². The second-order valence-electron chi connectivity index (χ2n) is 16.2. The van der Waals surface area contributed by atoms with Gasteiger partial charge in [0.05, 0.1) is 16.7 Å². The molecule has 0 atom stereocenters. The number of allylic oxidation sites excluding steroid dienone is 3. The van der Waals surface area contributed by atoms with Gasteiger partial charge in [-0.05, 0) is 115 Å². The Kier molecular flexibility index (Phi) is 8.35. The fraction of sp³-hybridized carbons (Fsp3) is 0.0339. The van der Waals surface area contributed by atoms with Crippen LogP contribution in [0.5, 0.6) is 0 Å². The van der Waals surface area contributed by atoms with Crippen molar-refractivity contribution in [2.45, 2.75) is 12.8 Å². The van der Waals surface area contributed by atoms with Gasteiger partial charge in [-0.15, -0.1) is 0 Å². The molecule has 1 aliphatic heterocycles. The fourth-order valence-electron chi connectivity index (χ4n) is 9.73. The van der Waals surface area contributed by atoms with E-state index in [0.717, 1.165) is 41.1 Å². The van der Waals surface area contributed by atoms with Gasteiger partial charge in [0, 0.05) is 27.7 Å². The molecule has 0 unspecified atom stereocenters. The molecule has 9 aromatic carbocycles. The molecule has 2 nitrogen and oxygen atoms in total. The average Bonchev–Trinajstić information content (AvgIpc) is 3.84. The van der Waals surface area contributed by atoms with Crippen LogP contribution in [0.25, 0.3) is 94.0 Å². The van der Waals surface area contributed by atoms with Crippen LogP contribution in [-0.2, 0) is 0 Å². The van der Waals surface area contributed by atoms with E-state index in [0.29, 0.717) is 0 Å². The first-order valence-corrected chi connectivity index (χ1v) is 21.3. The maximum absolute atomic E-state index is 5.48. The quantitative estimate of drug-likeness (QED) is 0.160. The van der Waals surface area contributed by atoms with Crippen molar-refractivity contribution in [3.8, 4) is 50.2 Å². The van der Waals surface area contributed by atoms with Crippen molar-refractivity contribution in [3.05, 3.63) is 235 Å². The molecule has 10 aromatic rings. The SMILES string of the molecule is C1=C(c2ccc(-n3c4ccccc4c4ccccc43)cc2)\N=C(\c2ccc(-c3ccc(-c4ccc5c6c(cccc46)-c4ccccc4-5)cc3)cc2)CC\C=C/1c1ccccc1. The molecule has 2 heterocycles. The predicted molar refractivity (Wildman–Crippen MR) is 258 cm³/mol. The van der Waals surface area contributed by atoms with Gasteiger partial charge in [-0.3, -0.25) is 4.99 Å². The summed E-state index contributed by atoms with van der Waals surface area (Å²) in [4.78, 5) is 5.48. The first-order valence-electron chi connectivity index (χ1n) is 21.3. The standard InChI is InChI=1S/C59H40N2/c1-2-12-39(13-3-1)45-14-10-21-55(60-56(38-45)44-32-34-46(35-33-44)61-57-22-8-6-17-50(57)51-18-7-9-23-58(51)61)43-30-26-41(27-31-43)40-24-28-42(29-25-40)47-36-37-54-49-16-5-4-15-48(49)53-20-11-19-52(47)59(53)54/h1-9,11-20,22-38H,10,21H2/b45-14+,56-38-,60-55+. The van der Waals surface area contributed by atoms with E-state index in [1.165, 1.54) is 88.2 Å². The van der Waals surface area contributed by atoms with Crippen molar-refractivity contribution in [1.29, 1.82) is 0 Å². The van der Waals surface area contributed by atoms with Gasteiger partial charge in [0.15, 0.2) is 0 Å². The Hall–Kier alpha value is -7.81. The van der Waals surface area contributed by atoms with Crippen LogP contribution in [0.15, 0.2) is 223 Å². The minimum absolute atomic E-state index is 0.848. The molecule has 286 valence electrons. The molecule has 0 saturated carbocycles. The highest BCUT2D eigenvalue weighted by molar-refractivity contribution is 6.18. The van der Waals surface area contributed by atoms with Crippen LogP contribution in [0.2, 0.25) is 0 Å². The minimum atomic E-state index is 0.848. The van der Waals surface area contributed by atoms with Crippen LogP contribution >= 0.6 is 0 Å². The molecule has 2 heteroatoms. The molecule has 0 bridgehead atoms. The Balaban J connectivity index is 0.866. The van der Waals surface area contributed by atoms with Crippen molar-refractivity contribution in [3.63, 3.8) is 0 Å². The van der Waals surface area contributed by atoms with E-state index in [1.807, 2.05) is 0 Å². The highest BCUT2D eigenvalue weighted by Gasteiger charge is 2.22. The number of para-hydroxylation sites is 2. The predicted octanol–water partition coefficient (Wildman–Crippen LogP) is 15.6. The smallest absolute Gasteiger partial charge is 0.0711 e. The Bertz CT molecular complexity index is 3330. The normalized spacial score (nSPS) is 16.0. The van der Waals surface area contributed by atoms with Crippen molar-refractivity contribution >= 4 is 49.6 Å². The number of hydrogen-bond donors (Lipinski definition) is 0. The van der Waals surface area contributed by atoms with E-state index in [9.17, 15) is 0 Å². The van der Waals surface area contributed by atoms with E-state index in [1.54, 1.807) is 0 Å². The van der Waals surface area contributed by atoms with Gasteiger partial charge in [0.2, 0.25) is 0 Å². The van der Waals surface area contributed by atoms with Crippen molar-refractivity contribution in [2.75, 3.05) is 0 Å². The molecule has 1 aromatic heterocycles. The number of nitrogens with zero attached hydrogens (tertiary/aromatic N) is 2. The summed E-state index contributed by atoms with van der Waals surface area (Å²) >= 11 is 0. The lowest BCUT2D eigenvalue weighted by atomic mass is 9.93.